The number of benzene rings is 2. The van der Waals surface area contributed by atoms with Gasteiger partial charge in [0.2, 0.25) is 0 Å². The Kier molecular flexibility index (Phi) is 6.51. The first-order chi connectivity index (χ1) is 18.4. The Morgan fingerprint density at radius 3 is 2.50 bits per heavy atom. The van der Waals surface area contributed by atoms with E-state index in [1.165, 1.54) is 22.4 Å². The van der Waals surface area contributed by atoms with Gasteiger partial charge in [-0.15, -0.1) is 11.3 Å². The highest BCUT2D eigenvalue weighted by Crippen LogP contribution is 2.38. The number of nitrogens with zero attached hydrogens (tertiary/aromatic N) is 3. The van der Waals surface area contributed by atoms with Gasteiger partial charge < -0.3 is 15.2 Å². The fraction of sp³-hybridized carbons (Fsp3) is 0.290. The van der Waals surface area contributed by atoms with Gasteiger partial charge in [-0.05, 0) is 57.2 Å². The zero-order chi connectivity index (χ0) is 26.4. The number of amides is 1. The average molecular weight is 524 g/mol. The molecule has 1 saturated heterocycles. The van der Waals surface area contributed by atoms with E-state index in [0.717, 1.165) is 71.5 Å². The zero-order valence-corrected chi connectivity index (χ0v) is 23.2. The van der Waals surface area contributed by atoms with Crippen molar-refractivity contribution in [3.63, 3.8) is 0 Å². The van der Waals surface area contributed by atoms with Gasteiger partial charge in [-0.3, -0.25) is 9.69 Å². The van der Waals surface area contributed by atoms with Crippen LogP contribution in [0.4, 0.5) is 5.69 Å². The molecule has 1 fully saturated rings. The number of aromatic amines is 1. The predicted octanol–water partition coefficient (Wildman–Crippen LogP) is 5.97. The van der Waals surface area contributed by atoms with Crippen molar-refractivity contribution < 1.29 is 4.79 Å². The SMILES string of the molecule is Cc1ccc(-c2nc(-c3ccc4c(c3)/C(=C/c3[nH]c(C)c(CN5CCN(C)CC5)c3C)C(=O)N4)cs2)cc1. The van der Waals surface area contributed by atoms with E-state index in [2.05, 4.69) is 83.6 Å². The molecule has 2 aromatic heterocycles. The Bertz CT molecular complexity index is 1540. The number of nitrogens with one attached hydrogen (secondary N) is 2. The van der Waals surface area contributed by atoms with Gasteiger partial charge in [0, 0.05) is 71.9 Å². The van der Waals surface area contributed by atoms with Crippen LogP contribution in [0.3, 0.4) is 0 Å². The topological polar surface area (TPSA) is 64.3 Å². The first-order valence-electron chi connectivity index (χ1n) is 13.1. The molecule has 4 aromatic rings. The summed E-state index contributed by atoms with van der Waals surface area (Å²) in [5.41, 5.74) is 11.5. The maximum atomic E-state index is 13.0. The van der Waals surface area contributed by atoms with Gasteiger partial charge in [0.25, 0.3) is 5.91 Å². The normalized spacial score (nSPS) is 17.3. The third-order valence-electron chi connectivity index (χ3n) is 7.80. The molecule has 194 valence electrons. The number of piperazine rings is 1. The molecule has 0 aliphatic carbocycles. The number of fused-ring (bicyclic) bond motifs is 1. The Hall–Kier alpha value is -3.52. The highest BCUT2D eigenvalue weighted by Gasteiger charge is 2.26. The fourth-order valence-corrected chi connectivity index (χ4v) is 6.13. The molecule has 0 saturated carbocycles. The van der Waals surface area contributed by atoms with Gasteiger partial charge in [0.1, 0.15) is 5.01 Å². The summed E-state index contributed by atoms with van der Waals surface area (Å²) in [5.74, 6) is -0.0666. The number of hydrogen-bond donors (Lipinski definition) is 2. The van der Waals surface area contributed by atoms with Gasteiger partial charge in [-0.1, -0.05) is 35.9 Å². The zero-order valence-electron chi connectivity index (χ0n) is 22.4. The summed E-state index contributed by atoms with van der Waals surface area (Å²) in [6.07, 6.45) is 2.01. The maximum absolute atomic E-state index is 13.0. The fourth-order valence-electron chi connectivity index (χ4n) is 5.30. The second-order valence-corrected chi connectivity index (χ2v) is 11.4. The molecule has 0 atom stereocenters. The lowest BCUT2D eigenvalue weighted by Crippen LogP contribution is -2.44. The first-order valence-corrected chi connectivity index (χ1v) is 14.0. The Morgan fingerprint density at radius 2 is 1.74 bits per heavy atom. The smallest absolute Gasteiger partial charge is 0.256 e. The minimum atomic E-state index is -0.0666. The lowest BCUT2D eigenvalue weighted by molar-refractivity contribution is -0.110. The molecule has 38 heavy (non-hydrogen) atoms. The second kappa shape index (κ2) is 9.98. The van der Waals surface area contributed by atoms with E-state index in [1.54, 1.807) is 11.3 Å². The largest absolute Gasteiger partial charge is 0.359 e. The summed E-state index contributed by atoms with van der Waals surface area (Å²) >= 11 is 1.64. The average Bonchev–Trinajstić information content (AvgIpc) is 3.59. The standard InChI is InChI=1S/C31H33N5OS/c1-19-5-7-22(8-6-19)31-34-29(18-38-31)23-9-10-27-24(15-23)25(30(37)33-27)16-28-20(2)26(21(3)32-28)17-36-13-11-35(4)12-14-36/h5-10,15-16,18,32H,11-14,17H2,1-4H3,(H,33,37)/b25-16-. The molecule has 7 heteroatoms. The van der Waals surface area contributed by atoms with Crippen molar-refractivity contribution in [1.29, 1.82) is 0 Å². The van der Waals surface area contributed by atoms with Crippen molar-refractivity contribution in [2.24, 2.45) is 0 Å². The number of thiazole rings is 1. The number of aromatic nitrogens is 2. The van der Waals surface area contributed by atoms with E-state index >= 15 is 0 Å². The molecule has 2 aliphatic rings. The Balaban J connectivity index is 1.29. The van der Waals surface area contributed by atoms with Crippen molar-refractivity contribution in [2.75, 3.05) is 38.5 Å². The minimum absolute atomic E-state index is 0.0666. The monoisotopic (exact) mass is 523 g/mol. The lowest BCUT2D eigenvalue weighted by Gasteiger charge is -2.32. The summed E-state index contributed by atoms with van der Waals surface area (Å²) in [7, 11) is 2.18. The van der Waals surface area contributed by atoms with Gasteiger partial charge in [0.15, 0.2) is 0 Å². The number of carbonyl (C=O) groups is 1. The van der Waals surface area contributed by atoms with E-state index in [0.29, 0.717) is 5.57 Å². The van der Waals surface area contributed by atoms with Crippen LogP contribution in [0.5, 0.6) is 0 Å². The Morgan fingerprint density at radius 1 is 1.00 bits per heavy atom. The highest BCUT2D eigenvalue weighted by atomic mass is 32.1. The minimum Gasteiger partial charge on any atom is -0.359 e. The molecular formula is C31H33N5OS. The highest BCUT2D eigenvalue weighted by molar-refractivity contribution is 7.13. The summed E-state index contributed by atoms with van der Waals surface area (Å²) in [6.45, 7) is 11.7. The third kappa shape index (κ3) is 4.73. The molecule has 2 N–H and O–H groups in total. The molecule has 4 heterocycles. The van der Waals surface area contributed by atoms with E-state index < -0.39 is 0 Å². The van der Waals surface area contributed by atoms with Crippen LogP contribution in [0.15, 0.2) is 47.8 Å². The van der Waals surface area contributed by atoms with Crippen molar-refractivity contribution in [3.05, 3.63) is 81.5 Å². The molecule has 1 amide bonds. The summed E-state index contributed by atoms with van der Waals surface area (Å²) in [5, 5.41) is 6.13. The van der Waals surface area contributed by atoms with Crippen LogP contribution in [0.1, 0.15) is 33.6 Å². The molecule has 6 nitrogen and oxygen atoms in total. The van der Waals surface area contributed by atoms with E-state index in [4.69, 9.17) is 4.98 Å². The van der Waals surface area contributed by atoms with Gasteiger partial charge in [-0.2, -0.15) is 0 Å². The molecule has 0 spiro atoms. The van der Waals surface area contributed by atoms with Crippen molar-refractivity contribution >= 4 is 34.6 Å². The maximum Gasteiger partial charge on any atom is 0.256 e. The van der Waals surface area contributed by atoms with E-state index in [9.17, 15) is 4.79 Å². The van der Waals surface area contributed by atoms with Gasteiger partial charge >= 0.3 is 0 Å². The first kappa shape index (κ1) is 24.8. The van der Waals surface area contributed by atoms with Crippen LogP contribution in [0, 0.1) is 20.8 Å². The quantitative estimate of drug-likeness (QED) is 0.316. The number of aryl methyl sites for hydroxylation is 2. The molecule has 2 aromatic carbocycles. The third-order valence-corrected chi connectivity index (χ3v) is 8.69. The molecule has 0 unspecified atom stereocenters. The van der Waals surface area contributed by atoms with E-state index in [-0.39, 0.29) is 5.91 Å². The molecular weight excluding hydrogens is 490 g/mol. The predicted molar refractivity (Wildman–Crippen MR) is 157 cm³/mol. The van der Waals surface area contributed by atoms with Crippen LogP contribution in [-0.4, -0.2) is 58.9 Å². The van der Waals surface area contributed by atoms with Crippen molar-refractivity contribution in [3.8, 4) is 21.8 Å². The summed E-state index contributed by atoms with van der Waals surface area (Å²) in [4.78, 5) is 26.4. The van der Waals surface area contributed by atoms with Crippen LogP contribution in [0.2, 0.25) is 0 Å². The number of rotatable bonds is 5. The molecule has 0 bridgehead atoms. The number of anilines is 1. The molecule has 6 rings (SSSR count). The van der Waals surface area contributed by atoms with Gasteiger partial charge in [0.05, 0.1) is 11.3 Å². The van der Waals surface area contributed by atoms with Crippen molar-refractivity contribution in [1.82, 2.24) is 19.8 Å². The van der Waals surface area contributed by atoms with Crippen molar-refractivity contribution in [2.45, 2.75) is 27.3 Å². The lowest BCUT2D eigenvalue weighted by atomic mass is 10.0. The summed E-state index contributed by atoms with van der Waals surface area (Å²) < 4.78 is 0. The molecule has 2 aliphatic heterocycles. The van der Waals surface area contributed by atoms with E-state index in [1.807, 2.05) is 18.2 Å². The molecule has 0 radical (unpaired) electrons. The van der Waals surface area contributed by atoms with Gasteiger partial charge in [-0.25, -0.2) is 4.98 Å². The van der Waals surface area contributed by atoms with Crippen LogP contribution in [-0.2, 0) is 11.3 Å². The van der Waals surface area contributed by atoms with Crippen LogP contribution < -0.4 is 5.32 Å². The second-order valence-electron chi connectivity index (χ2n) is 10.5. The number of carbonyl (C=O) groups excluding carboxylic acids is 1. The van der Waals surface area contributed by atoms with Crippen LogP contribution >= 0.6 is 11.3 Å². The Labute approximate surface area is 228 Å². The van der Waals surface area contributed by atoms with Crippen LogP contribution in [0.25, 0.3) is 33.5 Å². The number of likely N-dealkylation sites (N-methyl/N-ethyl adjacent to an activating group) is 1. The number of H-pyrrole nitrogens is 1. The number of hydrogen-bond acceptors (Lipinski definition) is 5. The summed E-state index contributed by atoms with van der Waals surface area (Å²) in [6, 6.07) is 14.6.